The van der Waals surface area contributed by atoms with Crippen LogP contribution in [0.5, 0.6) is 0 Å². The van der Waals surface area contributed by atoms with Crippen molar-refractivity contribution in [1.82, 2.24) is 0 Å². The summed E-state index contributed by atoms with van der Waals surface area (Å²) in [6.45, 7) is 6.09. The Morgan fingerprint density at radius 2 is 2.12 bits per heavy atom. The molecule has 4 saturated carbocycles. The van der Waals surface area contributed by atoms with Crippen molar-refractivity contribution in [2.45, 2.75) is 57.2 Å². The van der Waals surface area contributed by atoms with Crippen LogP contribution in [-0.4, -0.2) is 35.9 Å². The second kappa shape index (κ2) is 4.48. The van der Waals surface area contributed by atoms with E-state index in [1.807, 2.05) is 0 Å². The van der Waals surface area contributed by atoms with E-state index in [0.29, 0.717) is 18.8 Å². The predicted molar refractivity (Wildman–Crippen MR) is 88.2 cm³/mol. The van der Waals surface area contributed by atoms with Gasteiger partial charge in [-0.3, -0.25) is 9.59 Å². The number of esters is 2. The van der Waals surface area contributed by atoms with Crippen LogP contribution in [0.1, 0.15) is 45.4 Å². The number of rotatable bonds is 1. The van der Waals surface area contributed by atoms with E-state index >= 15 is 0 Å². The average Bonchev–Trinajstić information content (AvgIpc) is 3.05. The number of hydrogen-bond donors (Lipinski definition) is 1. The molecule has 136 valence electrons. The second-order valence-electron chi connectivity index (χ2n) is 9.26. The molecule has 5 rings (SSSR count). The summed E-state index contributed by atoms with van der Waals surface area (Å²) in [6.07, 6.45) is 4.24. The van der Waals surface area contributed by atoms with Crippen molar-refractivity contribution in [3.05, 3.63) is 12.2 Å². The quantitative estimate of drug-likeness (QED) is 0.582. The van der Waals surface area contributed by atoms with Crippen LogP contribution in [0.15, 0.2) is 12.2 Å². The Hall–Kier alpha value is -1.36. The van der Waals surface area contributed by atoms with Gasteiger partial charge in [0.15, 0.2) is 0 Å². The highest BCUT2D eigenvalue weighted by Crippen LogP contribution is 2.77. The summed E-state index contributed by atoms with van der Waals surface area (Å²) >= 11 is 0. The SMILES string of the molecule is C=C1C[C@@]23C[C@H]1CC[C@@H]2[C@]12CC[C@@H](O)[C@](C)(C(=O)O1)[C@@H]2[C@H]3C(=O)OC. The minimum Gasteiger partial charge on any atom is -0.469 e. The first-order chi connectivity index (χ1) is 11.8. The fourth-order valence-corrected chi connectivity index (χ4v) is 7.77. The number of carbonyl (C=O) groups is 2. The maximum Gasteiger partial charge on any atom is 0.315 e. The lowest BCUT2D eigenvalue weighted by Gasteiger charge is -2.44. The highest BCUT2D eigenvalue weighted by molar-refractivity contribution is 5.85. The number of ether oxygens (including phenoxy) is 2. The van der Waals surface area contributed by atoms with Gasteiger partial charge in [0, 0.05) is 11.8 Å². The molecule has 5 fully saturated rings. The Morgan fingerprint density at radius 1 is 1.36 bits per heavy atom. The molecular weight excluding hydrogens is 320 g/mol. The number of aliphatic hydroxyl groups excluding tert-OH is 1. The van der Waals surface area contributed by atoms with E-state index in [1.54, 1.807) is 6.92 Å². The fraction of sp³-hybridized carbons (Fsp3) is 0.800. The van der Waals surface area contributed by atoms with Gasteiger partial charge in [0.2, 0.25) is 0 Å². The highest BCUT2D eigenvalue weighted by atomic mass is 16.6. The maximum absolute atomic E-state index is 13.0. The Balaban J connectivity index is 1.75. The average molecular weight is 346 g/mol. The number of fused-ring (bicyclic) bond motifs is 1. The maximum atomic E-state index is 13.0. The van der Waals surface area contributed by atoms with Crippen LogP contribution in [0.3, 0.4) is 0 Å². The largest absolute Gasteiger partial charge is 0.469 e. The minimum atomic E-state index is -1.01. The molecule has 0 aromatic heterocycles. The van der Waals surface area contributed by atoms with Crippen LogP contribution in [0.2, 0.25) is 0 Å². The normalized spacial score (nSPS) is 55.6. The molecule has 1 heterocycles. The van der Waals surface area contributed by atoms with E-state index in [1.165, 1.54) is 12.7 Å². The van der Waals surface area contributed by atoms with E-state index in [0.717, 1.165) is 25.7 Å². The predicted octanol–water partition coefficient (Wildman–Crippen LogP) is 2.22. The van der Waals surface area contributed by atoms with Gasteiger partial charge in [-0.2, -0.15) is 0 Å². The van der Waals surface area contributed by atoms with Gasteiger partial charge >= 0.3 is 11.9 Å². The zero-order chi connectivity index (χ0) is 17.8. The lowest BCUT2D eigenvalue weighted by atomic mass is 9.59. The first kappa shape index (κ1) is 15.9. The van der Waals surface area contributed by atoms with Gasteiger partial charge in [-0.05, 0) is 56.8 Å². The standard InChI is InChI=1S/C20H26O5/c1-10-8-19-9-11(10)4-5-12(19)20-7-6-13(21)18(2,17(23)25-20)15(20)14(19)16(22)24-3/h11-15,21H,1,4-9H2,2-3H3/t11-,12+,13-,14+,15+,18+,19-,20+/m1/s1. The molecule has 1 spiro atoms. The molecule has 0 radical (unpaired) electrons. The molecule has 4 bridgehead atoms. The summed E-state index contributed by atoms with van der Waals surface area (Å²) in [4.78, 5) is 25.8. The summed E-state index contributed by atoms with van der Waals surface area (Å²) in [7, 11) is 1.43. The zero-order valence-corrected chi connectivity index (χ0v) is 14.9. The topological polar surface area (TPSA) is 72.8 Å². The van der Waals surface area contributed by atoms with Crippen LogP contribution in [0.4, 0.5) is 0 Å². The second-order valence-corrected chi connectivity index (χ2v) is 9.26. The van der Waals surface area contributed by atoms with Gasteiger partial charge in [0.05, 0.1) is 24.5 Å². The molecule has 0 amide bonds. The summed E-state index contributed by atoms with van der Waals surface area (Å²) < 4.78 is 11.3. The van der Waals surface area contributed by atoms with E-state index < -0.39 is 23.0 Å². The molecule has 5 nitrogen and oxygen atoms in total. The van der Waals surface area contributed by atoms with Crippen molar-refractivity contribution >= 4 is 11.9 Å². The Kier molecular flexibility index (Phi) is 2.84. The van der Waals surface area contributed by atoms with Crippen LogP contribution in [0.25, 0.3) is 0 Å². The van der Waals surface area contributed by atoms with Crippen molar-refractivity contribution in [2.24, 2.45) is 34.5 Å². The fourth-order valence-electron chi connectivity index (χ4n) is 7.77. The van der Waals surface area contributed by atoms with Crippen molar-refractivity contribution < 1.29 is 24.2 Å². The van der Waals surface area contributed by atoms with E-state index in [9.17, 15) is 14.7 Å². The highest BCUT2D eigenvalue weighted by Gasteiger charge is 2.83. The molecule has 5 aliphatic rings. The lowest BCUT2D eigenvalue weighted by molar-refractivity contribution is -0.163. The minimum absolute atomic E-state index is 0.169. The molecule has 5 heteroatoms. The first-order valence-corrected chi connectivity index (χ1v) is 9.48. The van der Waals surface area contributed by atoms with Crippen LogP contribution < -0.4 is 0 Å². The number of hydrogen-bond acceptors (Lipinski definition) is 5. The molecule has 0 aromatic carbocycles. The zero-order valence-electron chi connectivity index (χ0n) is 14.9. The molecule has 25 heavy (non-hydrogen) atoms. The number of aliphatic hydroxyl groups is 1. The van der Waals surface area contributed by atoms with Gasteiger partial charge in [0.1, 0.15) is 5.60 Å². The van der Waals surface area contributed by atoms with Crippen LogP contribution in [0, 0.1) is 34.5 Å². The first-order valence-electron chi connectivity index (χ1n) is 9.48. The van der Waals surface area contributed by atoms with Crippen molar-refractivity contribution in [3.63, 3.8) is 0 Å². The monoisotopic (exact) mass is 346 g/mol. The molecule has 4 aliphatic carbocycles. The van der Waals surface area contributed by atoms with E-state index in [4.69, 9.17) is 9.47 Å². The molecule has 1 N–H and O–H groups in total. The third-order valence-corrected chi connectivity index (χ3v) is 8.65. The van der Waals surface area contributed by atoms with Gasteiger partial charge in [-0.25, -0.2) is 0 Å². The molecule has 1 aliphatic heterocycles. The van der Waals surface area contributed by atoms with Crippen LogP contribution >= 0.6 is 0 Å². The summed E-state index contributed by atoms with van der Waals surface area (Å²) in [5, 5.41) is 10.7. The Bertz CT molecular complexity index is 700. The van der Waals surface area contributed by atoms with E-state index in [-0.39, 0.29) is 29.2 Å². The third kappa shape index (κ3) is 1.48. The van der Waals surface area contributed by atoms with Crippen LogP contribution in [-0.2, 0) is 19.1 Å². The van der Waals surface area contributed by atoms with Crippen molar-refractivity contribution in [2.75, 3.05) is 7.11 Å². The molecule has 0 unspecified atom stereocenters. The Morgan fingerprint density at radius 3 is 2.84 bits per heavy atom. The number of allylic oxidation sites excluding steroid dienone is 1. The third-order valence-electron chi connectivity index (χ3n) is 8.65. The van der Waals surface area contributed by atoms with Crippen molar-refractivity contribution in [3.8, 4) is 0 Å². The molecule has 1 saturated heterocycles. The summed E-state index contributed by atoms with van der Waals surface area (Å²) in [6, 6.07) is 0. The van der Waals surface area contributed by atoms with Gasteiger partial charge < -0.3 is 14.6 Å². The molecule has 0 aromatic rings. The van der Waals surface area contributed by atoms with Gasteiger partial charge in [0.25, 0.3) is 0 Å². The summed E-state index contributed by atoms with van der Waals surface area (Å²) in [5.41, 5.74) is -0.606. The van der Waals surface area contributed by atoms with Gasteiger partial charge in [-0.1, -0.05) is 12.2 Å². The van der Waals surface area contributed by atoms with E-state index in [2.05, 4.69) is 6.58 Å². The smallest absolute Gasteiger partial charge is 0.315 e. The Labute approximate surface area is 147 Å². The number of methoxy groups -OCH3 is 1. The number of carbonyl (C=O) groups excluding carboxylic acids is 2. The van der Waals surface area contributed by atoms with Gasteiger partial charge in [-0.15, -0.1) is 0 Å². The lowest BCUT2D eigenvalue weighted by Crippen LogP contribution is -2.53. The molecular formula is C20H26O5. The summed E-state index contributed by atoms with van der Waals surface area (Å²) in [5.74, 6) is -0.625. The molecule has 8 atom stereocenters. The van der Waals surface area contributed by atoms with Crippen molar-refractivity contribution in [1.29, 1.82) is 0 Å².